The summed E-state index contributed by atoms with van der Waals surface area (Å²) in [7, 11) is 0. The highest BCUT2D eigenvalue weighted by molar-refractivity contribution is 5.94. The number of anilines is 1. The van der Waals surface area contributed by atoms with Crippen molar-refractivity contribution in [1.29, 1.82) is 0 Å². The van der Waals surface area contributed by atoms with Crippen molar-refractivity contribution in [2.45, 2.75) is 19.2 Å². The maximum Gasteiger partial charge on any atom is 0.418 e. The van der Waals surface area contributed by atoms with Crippen molar-refractivity contribution >= 4 is 17.3 Å². The monoisotopic (exact) mass is 354 g/mol. The molecule has 2 rings (SSSR count). The van der Waals surface area contributed by atoms with Gasteiger partial charge in [-0.15, -0.1) is 0 Å². The topological polar surface area (TPSA) is 81.5 Å². The lowest BCUT2D eigenvalue weighted by Crippen LogP contribution is -2.31. The van der Waals surface area contributed by atoms with Crippen LogP contribution in [0.4, 0.5) is 24.5 Å². The number of hydrogen-bond acceptors (Lipinski definition) is 4. The molecule has 0 aliphatic rings. The fourth-order valence-electron chi connectivity index (χ4n) is 2.00. The Kier molecular flexibility index (Phi) is 5.26. The Morgan fingerprint density at radius 3 is 2.52 bits per heavy atom. The number of nitro groups is 1. The van der Waals surface area contributed by atoms with E-state index in [4.69, 9.17) is 4.74 Å². The lowest BCUT2D eigenvalue weighted by atomic mass is 10.1. The van der Waals surface area contributed by atoms with Gasteiger partial charge in [-0.05, 0) is 25.1 Å². The molecule has 9 heteroatoms. The Morgan fingerprint density at radius 1 is 1.20 bits per heavy atom. The van der Waals surface area contributed by atoms with E-state index in [1.54, 1.807) is 0 Å². The second-order valence-corrected chi connectivity index (χ2v) is 5.05. The third-order valence-corrected chi connectivity index (χ3v) is 3.20. The molecule has 25 heavy (non-hydrogen) atoms. The van der Waals surface area contributed by atoms with Crippen molar-refractivity contribution in [2.75, 3.05) is 5.32 Å². The minimum Gasteiger partial charge on any atom is -0.481 e. The molecule has 0 spiro atoms. The smallest absolute Gasteiger partial charge is 0.418 e. The SMILES string of the molecule is C[C@H](Oc1cccc([N+](=O)[O-])c1)C(=O)Nc1ccccc1C(F)(F)F. The van der Waals surface area contributed by atoms with Crippen LogP contribution in [0.15, 0.2) is 48.5 Å². The standard InChI is InChI=1S/C16H13F3N2O4/c1-10(25-12-6-4-5-11(9-12)21(23)24)15(22)20-14-8-3-2-7-13(14)16(17,18)19/h2-10H,1H3,(H,20,22)/t10-/m0/s1. The van der Waals surface area contributed by atoms with Crippen LogP contribution in [0.5, 0.6) is 5.75 Å². The third-order valence-electron chi connectivity index (χ3n) is 3.20. The average molecular weight is 354 g/mol. The lowest BCUT2D eigenvalue weighted by Gasteiger charge is -2.17. The molecular formula is C16H13F3N2O4. The van der Waals surface area contributed by atoms with Gasteiger partial charge in [0.1, 0.15) is 5.75 Å². The number of nitrogens with zero attached hydrogens (tertiary/aromatic N) is 1. The second kappa shape index (κ2) is 7.20. The van der Waals surface area contributed by atoms with Crippen LogP contribution in [0.25, 0.3) is 0 Å². The predicted octanol–water partition coefficient (Wildman–Crippen LogP) is 4.02. The summed E-state index contributed by atoms with van der Waals surface area (Å²) in [6.45, 7) is 1.32. The Morgan fingerprint density at radius 2 is 1.88 bits per heavy atom. The number of benzene rings is 2. The van der Waals surface area contributed by atoms with Crippen LogP contribution in [0.2, 0.25) is 0 Å². The number of halogens is 3. The van der Waals surface area contributed by atoms with Gasteiger partial charge in [-0.3, -0.25) is 14.9 Å². The van der Waals surface area contributed by atoms with E-state index in [1.165, 1.54) is 37.3 Å². The summed E-state index contributed by atoms with van der Waals surface area (Å²) in [6.07, 6.45) is -5.78. The highest BCUT2D eigenvalue weighted by atomic mass is 19.4. The van der Waals surface area contributed by atoms with Gasteiger partial charge in [-0.2, -0.15) is 13.2 Å². The molecule has 0 aliphatic heterocycles. The number of nitrogens with one attached hydrogen (secondary N) is 1. The number of para-hydroxylation sites is 1. The summed E-state index contributed by atoms with van der Waals surface area (Å²) < 4.78 is 44.0. The van der Waals surface area contributed by atoms with Gasteiger partial charge in [0.15, 0.2) is 6.10 Å². The highest BCUT2D eigenvalue weighted by Crippen LogP contribution is 2.34. The maximum absolute atomic E-state index is 12.9. The Balaban J connectivity index is 2.12. The van der Waals surface area contributed by atoms with Crippen LogP contribution >= 0.6 is 0 Å². The first-order chi connectivity index (χ1) is 11.7. The average Bonchev–Trinajstić information content (AvgIpc) is 2.54. The largest absolute Gasteiger partial charge is 0.481 e. The number of amides is 1. The first-order valence-electron chi connectivity index (χ1n) is 7.06. The number of alkyl halides is 3. The van der Waals surface area contributed by atoms with Gasteiger partial charge in [0.2, 0.25) is 0 Å². The van der Waals surface area contributed by atoms with E-state index in [-0.39, 0.29) is 11.4 Å². The highest BCUT2D eigenvalue weighted by Gasteiger charge is 2.34. The van der Waals surface area contributed by atoms with E-state index in [0.29, 0.717) is 0 Å². The van der Waals surface area contributed by atoms with Gasteiger partial charge >= 0.3 is 6.18 Å². The van der Waals surface area contributed by atoms with Gasteiger partial charge in [-0.25, -0.2) is 0 Å². The zero-order chi connectivity index (χ0) is 18.6. The Hall–Kier alpha value is -3.10. The van der Waals surface area contributed by atoms with Gasteiger partial charge in [0, 0.05) is 6.07 Å². The number of non-ortho nitro benzene ring substituents is 1. The molecule has 0 aromatic heterocycles. The molecule has 0 fully saturated rings. The zero-order valence-electron chi connectivity index (χ0n) is 12.9. The Labute approximate surface area is 140 Å². The minimum absolute atomic E-state index is 0.0564. The summed E-state index contributed by atoms with van der Waals surface area (Å²) in [4.78, 5) is 22.2. The molecular weight excluding hydrogens is 341 g/mol. The number of carbonyl (C=O) groups is 1. The molecule has 6 nitrogen and oxygen atoms in total. The molecule has 2 aromatic rings. The van der Waals surface area contributed by atoms with Crippen LogP contribution in [-0.4, -0.2) is 16.9 Å². The lowest BCUT2D eigenvalue weighted by molar-refractivity contribution is -0.384. The van der Waals surface area contributed by atoms with Crippen molar-refractivity contribution in [3.63, 3.8) is 0 Å². The number of nitro benzene ring substituents is 1. The summed E-state index contributed by atoms with van der Waals surface area (Å²) in [6, 6.07) is 9.68. The van der Waals surface area contributed by atoms with E-state index < -0.39 is 34.4 Å². The number of carbonyl (C=O) groups excluding carboxylic acids is 1. The first-order valence-corrected chi connectivity index (χ1v) is 7.06. The molecule has 0 radical (unpaired) electrons. The van der Waals surface area contributed by atoms with Crippen molar-refractivity contribution < 1.29 is 27.6 Å². The molecule has 1 atom stereocenters. The second-order valence-electron chi connectivity index (χ2n) is 5.05. The fourth-order valence-corrected chi connectivity index (χ4v) is 2.00. The molecule has 0 bridgehead atoms. The van der Waals surface area contributed by atoms with E-state index in [0.717, 1.165) is 18.2 Å². The van der Waals surface area contributed by atoms with Crippen LogP contribution in [0, 0.1) is 10.1 Å². The molecule has 1 amide bonds. The summed E-state index contributed by atoms with van der Waals surface area (Å²) in [5.74, 6) is -0.760. The number of hydrogen-bond donors (Lipinski definition) is 1. The first kappa shape index (κ1) is 18.2. The van der Waals surface area contributed by atoms with Crippen molar-refractivity contribution in [3.05, 3.63) is 64.2 Å². The molecule has 0 heterocycles. The molecule has 0 saturated carbocycles. The minimum atomic E-state index is -4.62. The summed E-state index contributed by atoms with van der Waals surface area (Å²) in [5.41, 5.74) is -1.60. The summed E-state index contributed by atoms with van der Waals surface area (Å²) >= 11 is 0. The van der Waals surface area contributed by atoms with Crippen molar-refractivity contribution in [1.82, 2.24) is 0 Å². The van der Waals surface area contributed by atoms with E-state index in [1.807, 2.05) is 0 Å². The number of ether oxygens (including phenoxy) is 1. The van der Waals surface area contributed by atoms with E-state index in [2.05, 4.69) is 5.32 Å². The van der Waals surface area contributed by atoms with E-state index >= 15 is 0 Å². The quantitative estimate of drug-likeness (QED) is 0.649. The molecule has 0 aliphatic carbocycles. The normalized spacial score (nSPS) is 12.3. The van der Waals surface area contributed by atoms with Gasteiger partial charge in [0.25, 0.3) is 11.6 Å². The summed E-state index contributed by atoms with van der Waals surface area (Å²) in [5, 5.41) is 12.9. The molecule has 2 aromatic carbocycles. The molecule has 0 saturated heterocycles. The van der Waals surface area contributed by atoms with Crippen molar-refractivity contribution in [2.24, 2.45) is 0 Å². The van der Waals surface area contributed by atoms with Gasteiger partial charge in [0.05, 0.1) is 22.2 Å². The van der Waals surface area contributed by atoms with E-state index in [9.17, 15) is 28.1 Å². The molecule has 1 N–H and O–H groups in total. The third kappa shape index (κ3) is 4.69. The predicted molar refractivity (Wildman–Crippen MR) is 83.3 cm³/mol. The zero-order valence-corrected chi connectivity index (χ0v) is 12.9. The molecule has 132 valence electrons. The fraction of sp³-hybridized carbons (Fsp3) is 0.188. The molecule has 0 unspecified atom stereocenters. The van der Waals surface area contributed by atoms with Crippen LogP contribution in [0.1, 0.15) is 12.5 Å². The van der Waals surface area contributed by atoms with Crippen LogP contribution in [-0.2, 0) is 11.0 Å². The van der Waals surface area contributed by atoms with Crippen LogP contribution in [0.3, 0.4) is 0 Å². The van der Waals surface area contributed by atoms with Gasteiger partial charge < -0.3 is 10.1 Å². The maximum atomic E-state index is 12.9. The van der Waals surface area contributed by atoms with Gasteiger partial charge in [-0.1, -0.05) is 18.2 Å². The number of rotatable bonds is 5. The van der Waals surface area contributed by atoms with Crippen molar-refractivity contribution in [3.8, 4) is 5.75 Å². The van der Waals surface area contributed by atoms with Crippen LogP contribution < -0.4 is 10.1 Å². The Bertz CT molecular complexity index is 793.